The van der Waals surface area contributed by atoms with Gasteiger partial charge in [0.05, 0.1) is 11.0 Å². The maximum absolute atomic E-state index is 12.9. The molecule has 3 heterocycles. The van der Waals surface area contributed by atoms with Gasteiger partial charge in [0, 0.05) is 26.6 Å². The number of hydrogen-bond donors (Lipinski definition) is 2. The van der Waals surface area contributed by atoms with Gasteiger partial charge in [-0.05, 0) is 56.0 Å². The van der Waals surface area contributed by atoms with Gasteiger partial charge in [0.2, 0.25) is 11.8 Å². The number of fused-ring (bicyclic) bond motifs is 1. The first-order valence-electron chi connectivity index (χ1n) is 11.0. The van der Waals surface area contributed by atoms with E-state index in [1.807, 2.05) is 19.9 Å². The summed E-state index contributed by atoms with van der Waals surface area (Å²) < 4.78 is 3.14. The number of amides is 2. The molecule has 1 aromatic heterocycles. The predicted molar refractivity (Wildman–Crippen MR) is 117 cm³/mol. The van der Waals surface area contributed by atoms with E-state index in [9.17, 15) is 14.4 Å². The first kappa shape index (κ1) is 22.2. The Balaban J connectivity index is 0.00000124. The Bertz CT molecular complexity index is 969. The van der Waals surface area contributed by atoms with E-state index in [0.717, 1.165) is 43.5 Å². The Morgan fingerprint density at radius 3 is 2.40 bits per heavy atom. The molecular weight excluding hydrogens is 382 g/mol. The zero-order valence-corrected chi connectivity index (χ0v) is 18.2. The Morgan fingerprint density at radius 1 is 1.07 bits per heavy atom. The summed E-state index contributed by atoms with van der Waals surface area (Å²) in [6.45, 7) is 7.70. The number of aryl methyl sites for hydroxylation is 1. The number of carbonyl (C=O) groups is 2. The van der Waals surface area contributed by atoms with Crippen LogP contribution in [-0.2, 0) is 16.6 Å². The van der Waals surface area contributed by atoms with Crippen molar-refractivity contribution in [3.8, 4) is 0 Å². The number of imidazole rings is 1. The monoisotopic (exact) mass is 415 g/mol. The van der Waals surface area contributed by atoms with Gasteiger partial charge in [-0.25, -0.2) is 4.79 Å². The molecule has 2 amide bonds. The standard InChI is InChI=1S/C20H27N5O3.C2H6/c1-23-17-12-14(13-6-9-24(10-7-13)11-8-21)2-3-15(17)25(20(23)28)16-4-5-18(26)22-19(16)27;1-2/h2-3,12-13,16H,4-11,21H2,1H3,(H,22,26,27);1-2H3. The Morgan fingerprint density at radius 2 is 1.77 bits per heavy atom. The molecule has 3 N–H and O–H groups in total. The molecule has 1 unspecified atom stereocenters. The highest BCUT2D eigenvalue weighted by atomic mass is 16.2. The molecule has 2 saturated heterocycles. The summed E-state index contributed by atoms with van der Waals surface area (Å²) >= 11 is 0. The Kier molecular flexibility index (Phi) is 7.10. The lowest BCUT2D eigenvalue weighted by Gasteiger charge is -2.31. The Hall–Kier alpha value is -2.45. The number of nitrogens with two attached hydrogens (primary N) is 1. The molecular formula is C22H33N5O3. The van der Waals surface area contributed by atoms with E-state index in [1.54, 1.807) is 11.6 Å². The van der Waals surface area contributed by atoms with Crippen LogP contribution in [-0.4, -0.2) is 52.0 Å². The summed E-state index contributed by atoms with van der Waals surface area (Å²) in [4.78, 5) is 39.0. The van der Waals surface area contributed by atoms with E-state index in [2.05, 4.69) is 22.3 Å². The predicted octanol–water partition coefficient (Wildman–Crippen LogP) is 1.48. The van der Waals surface area contributed by atoms with Crippen LogP contribution >= 0.6 is 0 Å². The summed E-state index contributed by atoms with van der Waals surface area (Å²) in [5.74, 6) is -0.215. The molecule has 0 bridgehead atoms. The van der Waals surface area contributed by atoms with Crippen LogP contribution < -0.4 is 16.7 Å². The third-order valence-electron chi connectivity index (χ3n) is 6.14. The van der Waals surface area contributed by atoms with Crippen molar-refractivity contribution >= 4 is 22.8 Å². The highest BCUT2D eigenvalue weighted by molar-refractivity contribution is 6.00. The first-order chi connectivity index (χ1) is 14.5. The van der Waals surface area contributed by atoms with Crippen LogP contribution in [0.2, 0.25) is 0 Å². The van der Waals surface area contributed by atoms with Gasteiger partial charge in [0.15, 0.2) is 0 Å². The van der Waals surface area contributed by atoms with Gasteiger partial charge < -0.3 is 10.6 Å². The van der Waals surface area contributed by atoms with Crippen molar-refractivity contribution in [3.63, 3.8) is 0 Å². The van der Waals surface area contributed by atoms with E-state index < -0.39 is 11.9 Å². The number of carbonyl (C=O) groups excluding carboxylic acids is 2. The van der Waals surface area contributed by atoms with Crippen LogP contribution in [0, 0.1) is 0 Å². The molecule has 164 valence electrons. The van der Waals surface area contributed by atoms with Gasteiger partial charge in [0.25, 0.3) is 0 Å². The van der Waals surface area contributed by atoms with Crippen LogP contribution in [0.1, 0.15) is 57.1 Å². The third-order valence-corrected chi connectivity index (χ3v) is 6.14. The van der Waals surface area contributed by atoms with Crippen molar-refractivity contribution in [2.75, 3.05) is 26.2 Å². The van der Waals surface area contributed by atoms with E-state index in [-0.39, 0.29) is 18.0 Å². The highest BCUT2D eigenvalue weighted by Gasteiger charge is 2.31. The second-order valence-corrected chi connectivity index (χ2v) is 7.83. The number of imide groups is 1. The van der Waals surface area contributed by atoms with Gasteiger partial charge in [-0.2, -0.15) is 0 Å². The maximum atomic E-state index is 12.9. The number of nitrogens with one attached hydrogen (secondary N) is 1. The van der Waals surface area contributed by atoms with Gasteiger partial charge in [-0.1, -0.05) is 19.9 Å². The molecule has 2 fully saturated rings. The summed E-state index contributed by atoms with van der Waals surface area (Å²) in [7, 11) is 1.74. The van der Waals surface area contributed by atoms with Crippen molar-refractivity contribution in [2.45, 2.75) is 51.5 Å². The zero-order chi connectivity index (χ0) is 21.8. The highest BCUT2D eigenvalue weighted by Crippen LogP contribution is 2.31. The number of rotatable bonds is 4. The number of likely N-dealkylation sites (tertiary alicyclic amines) is 1. The minimum Gasteiger partial charge on any atom is -0.329 e. The summed E-state index contributed by atoms with van der Waals surface area (Å²) in [5, 5.41) is 2.35. The fourth-order valence-corrected chi connectivity index (χ4v) is 4.54. The average Bonchev–Trinajstić information content (AvgIpc) is 3.00. The summed E-state index contributed by atoms with van der Waals surface area (Å²) in [6, 6.07) is 5.47. The molecule has 8 nitrogen and oxygen atoms in total. The van der Waals surface area contributed by atoms with Crippen LogP contribution in [0.15, 0.2) is 23.0 Å². The molecule has 1 atom stereocenters. The van der Waals surface area contributed by atoms with Crippen molar-refractivity contribution < 1.29 is 9.59 Å². The number of aromatic nitrogens is 2. The van der Waals surface area contributed by atoms with Crippen molar-refractivity contribution in [1.29, 1.82) is 0 Å². The fraction of sp³-hybridized carbons (Fsp3) is 0.591. The Labute approximate surface area is 177 Å². The second kappa shape index (κ2) is 9.57. The average molecular weight is 416 g/mol. The summed E-state index contributed by atoms with van der Waals surface area (Å²) in [5.41, 5.74) is 8.24. The lowest BCUT2D eigenvalue weighted by molar-refractivity contribution is -0.135. The quantitative estimate of drug-likeness (QED) is 0.737. The van der Waals surface area contributed by atoms with E-state index in [1.165, 1.54) is 10.1 Å². The number of piperidine rings is 2. The molecule has 2 aliphatic heterocycles. The topological polar surface area (TPSA) is 102 Å². The number of hydrogen-bond acceptors (Lipinski definition) is 5. The van der Waals surface area contributed by atoms with Gasteiger partial charge in [0.1, 0.15) is 6.04 Å². The number of nitrogens with zero attached hydrogens (tertiary/aromatic N) is 3. The summed E-state index contributed by atoms with van der Waals surface area (Å²) in [6.07, 6.45) is 2.75. The molecule has 0 spiro atoms. The van der Waals surface area contributed by atoms with E-state index in [0.29, 0.717) is 18.9 Å². The SMILES string of the molecule is CC.Cn1c(=O)n(C2CCC(=O)NC2=O)c2ccc(C3CCN(CCN)CC3)cc21. The second-order valence-electron chi connectivity index (χ2n) is 7.83. The van der Waals surface area contributed by atoms with Gasteiger partial charge in [-0.3, -0.25) is 24.0 Å². The fourth-order valence-electron chi connectivity index (χ4n) is 4.54. The van der Waals surface area contributed by atoms with Crippen LogP contribution in [0.25, 0.3) is 11.0 Å². The van der Waals surface area contributed by atoms with E-state index in [4.69, 9.17) is 5.73 Å². The lowest BCUT2D eigenvalue weighted by atomic mass is 9.89. The molecule has 4 rings (SSSR count). The number of benzene rings is 1. The van der Waals surface area contributed by atoms with Gasteiger partial charge in [-0.15, -0.1) is 0 Å². The van der Waals surface area contributed by atoms with Crippen molar-refractivity contribution in [3.05, 3.63) is 34.2 Å². The molecule has 2 aromatic rings. The van der Waals surface area contributed by atoms with E-state index >= 15 is 0 Å². The van der Waals surface area contributed by atoms with Gasteiger partial charge >= 0.3 is 5.69 Å². The molecule has 0 saturated carbocycles. The molecule has 1 aromatic carbocycles. The zero-order valence-electron chi connectivity index (χ0n) is 18.2. The molecule has 30 heavy (non-hydrogen) atoms. The molecule has 2 aliphatic rings. The minimum absolute atomic E-state index is 0.223. The largest absolute Gasteiger partial charge is 0.329 e. The van der Waals surface area contributed by atoms with Crippen LogP contribution in [0.4, 0.5) is 0 Å². The first-order valence-corrected chi connectivity index (χ1v) is 11.0. The molecule has 8 heteroatoms. The van der Waals surface area contributed by atoms with Crippen molar-refractivity contribution in [1.82, 2.24) is 19.4 Å². The van der Waals surface area contributed by atoms with Crippen LogP contribution in [0.5, 0.6) is 0 Å². The third kappa shape index (κ3) is 4.20. The normalized spacial score (nSPS) is 20.7. The molecule has 0 radical (unpaired) electrons. The lowest BCUT2D eigenvalue weighted by Crippen LogP contribution is -2.44. The smallest absolute Gasteiger partial charge is 0.329 e. The molecule has 0 aliphatic carbocycles. The minimum atomic E-state index is -0.640. The maximum Gasteiger partial charge on any atom is 0.329 e. The van der Waals surface area contributed by atoms with Crippen LogP contribution in [0.3, 0.4) is 0 Å². The van der Waals surface area contributed by atoms with Crippen molar-refractivity contribution in [2.24, 2.45) is 12.8 Å².